The molecule has 0 nitrogen and oxygen atoms in total. The smallest absolute Gasteiger partial charge is 0.00792 e. The summed E-state index contributed by atoms with van der Waals surface area (Å²) in [6.45, 7) is 0. The lowest BCUT2D eigenvalue weighted by Crippen LogP contribution is -2.23. The first-order valence-corrected chi connectivity index (χ1v) is 14.3. The van der Waals surface area contributed by atoms with Crippen LogP contribution in [0.2, 0.25) is 0 Å². The van der Waals surface area contributed by atoms with Gasteiger partial charge in [-0.15, -0.1) is 11.3 Å². The molecule has 5 rings (SSSR count). The highest BCUT2D eigenvalue weighted by molar-refractivity contribution is 7.12. The molecule has 1 aromatic heterocycles. The minimum absolute atomic E-state index is 0.896. The summed E-state index contributed by atoms with van der Waals surface area (Å²) in [5.74, 6) is 6.10. The van der Waals surface area contributed by atoms with E-state index in [1.54, 1.807) is 35.4 Å². The summed E-state index contributed by atoms with van der Waals surface area (Å²) in [5.41, 5.74) is 0. The van der Waals surface area contributed by atoms with Crippen LogP contribution < -0.4 is 0 Å². The standard InChI is InChI=1S/C28H44S/c1-3-7-21(8-4-1)23-11-15-25(16-12-23)27-19-20-28(29-27)26-17-13-24(14-18-26)22-9-5-2-6-10-22/h19-26H,1-18H2. The van der Waals surface area contributed by atoms with Crippen LogP contribution in [-0.2, 0) is 0 Å². The highest BCUT2D eigenvalue weighted by Crippen LogP contribution is 2.47. The molecule has 0 atom stereocenters. The lowest BCUT2D eigenvalue weighted by Gasteiger charge is -2.36. The van der Waals surface area contributed by atoms with Crippen LogP contribution in [0.5, 0.6) is 0 Å². The molecule has 1 aromatic rings. The Kier molecular flexibility index (Phi) is 7.02. The fraction of sp³-hybridized carbons (Fsp3) is 0.857. The average Bonchev–Trinajstić information content (AvgIpc) is 3.31. The monoisotopic (exact) mass is 412 g/mol. The largest absolute Gasteiger partial charge is 0.145 e. The van der Waals surface area contributed by atoms with Gasteiger partial charge in [0.15, 0.2) is 0 Å². The van der Waals surface area contributed by atoms with Crippen molar-refractivity contribution in [3.05, 3.63) is 21.9 Å². The van der Waals surface area contributed by atoms with Crippen molar-refractivity contribution in [3.63, 3.8) is 0 Å². The molecule has 162 valence electrons. The first-order valence-electron chi connectivity index (χ1n) is 13.5. The Bertz CT molecular complexity index is 550. The van der Waals surface area contributed by atoms with Gasteiger partial charge in [0.25, 0.3) is 0 Å². The van der Waals surface area contributed by atoms with Crippen LogP contribution in [-0.4, -0.2) is 0 Å². The zero-order valence-electron chi connectivity index (χ0n) is 18.8. The summed E-state index contributed by atoms with van der Waals surface area (Å²) in [6, 6.07) is 5.08. The van der Waals surface area contributed by atoms with E-state index in [1.807, 2.05) is 0 Å². The summed E-state index contributed by atoms with van der Waals surface area (Å²) >= 11 is 2.22. The molecule has 29 heavy (non-hydrogen) atoms. The molecule has 0 radical (unpaired) electrons. The third-order valence-electron chi connectivity index (χ3n) is 9.63. The maximum absolute atomic E-state index is 2.54. The molecule has 4 fully saturated rings. The highest BCUT2D eigenvalue weighted by atomic mass is 32.1. The Hall–Kier alpha value is -0.300. The van der Waals surface area contributed by atoms with Gasteiger partial charge in [0.05, 0.1) is 0 Å². The molecule has 0 N–H and O–H groups in total. The second-order valence-electron chi connectivity index (χ2n) is 11.3. The normalized spacial score (nSPS) is 35.6. The van der Waals surface area contributed by atoms with Crippen molar-refractivity contribution >= 4 is 11.3 Å². The van der Waals surface area contributed by atoms with Gasteiger partial charge in [-0.05, 0) is 99.0 Å². The van der Waals surface area contributed by atoms with Gasteiger partial charge >= 0.3 is 0 Å². The fourth-order valence-corrected chi connectivity index (χ4v) is 9.12. The van der Waals surface area contributed by atoms with Crippen molar-refractivity contribution in [2.45, 2.75) is 127 Å². The number of hydrogen-bond donors (Lipinski definition) is 0. The van der Waals surface area contributed by atoms with Crippen LogP contribution in [0.25, 0.3) is 0 Å². The quantitative estimate of drug-likeness (QED) is 0.462. The van der Waals surface area contributed by atoms with Crippen LogP contribution in [0.15, 0.2) is 12.1 Å². The van der Waals surface area contributed by atoms with Gasteiger partial charge in [-0.3, -0.25) is 0 Å². The minimum atomic E-state index is 0.896. The Morgan fingerprint density at radius 1 is 0.414 bits per heavy atom. The molecule has 0 aromatic carbocycles. The molecule has 0 spiro atoms. The van der Waals surface area contributed by atoms with Crippen LogP contribution >= 0.6 is 11.3 Å². The molecule has 1 heterocycles. The van der Waals surface area contributed by atoms with E-state index in [0.29, 0.717) is 0 Å². The van der Waals surface area contributed by atoms with Crippen molar-refractivity contribution in [2.24, 2.45) is 23.7 Å². The molecule has 0 saturated heterocycles. The third kappa shape index (κ3) is 4.97. The summed E-state index contributed by atoms with van der Waals surface area (Å²) < 4.78 is 0. The van der Waals surface area contributed by atoms with Gasteiger partial charge in [-0.1, -0.05) is 64.2 Å². The number of rotatable bonds is 4. The van der Waals surface area contributed by atoms with Crippen molar-refractivity contribution in [1.29, 1.82) is 0 Å². The van der Waals surface area contributed by atoms with Gasteiger partial charge in [0.1, 0.15) is 0 Å². The molecule has 4 aliphatic carbocycles. The van der Waals surface area contributed by atoms with Gasteiger partial charge in [0, 0.05) is 9.75 Å². The minimum Gasteiger partial charge on any atom is -0.145 e. The number of thiophene rings is 1. The number of hydrogen-bond acceptors (Lipinski definition) is 1. The van der Waals surface area contributed by atoms with E-state index in [1.165, 1.54) is 89.9 Å². The van der Waals surface area contributed by atoms with Gasteiger partial charge in [-0.25, -0.2) is 0 Å². The zero-order valence-corrected chi connectivity index (χ0v) is 19.6. The molecular formula is C28H44S. The zero-order chi connectivity index (χ0) is 19.5. The lowest BCUT2D eigenvalue weighted by molar-refractivity contribution is 0.186. The summed E-state index contributed by atoms with van der Waals surface area (Å²) in [7, 11) is 0. The average molecular weight is 413 g/mol. The first kappa shape index (κ1) is 20.6. The van der Waals surface area contributed by atoms with Gasteiger partial charge < -0.3 is 0 Å². The predicted octanol–water partition coefficient (Wildman–Crippen LogP) is 9.46. The fourth-order valence-electron chi connectivity index (χ4n) is 7.77. The van der Waals surface area contributed by atoms with E-state index < -0.39 is 0 Å². The van der Waals surface area contributed by atoms with Crippen LogP contribution in [0.1, 0.15) is 137 Å². The summed E-state index contributed by atoms with van der Waals surface area (Å²) in [4.78, 5) is 3.49. The van der Waals surface area contributed by atoms with E-state index in [2.05, 4.69) is 23.5 Å². The molecular weight excluding hydrogens is 368 g/mol. The van der Waals surface area contributed by atoms with Crippen LogP contribution in [0.4, 0.5) is 0 Å². The molecule has 0 bridgehead atoms. The first-order chi connectivity index (χ1) is 14.4. The second-order valence-corrected chi connectivity index (χ2v) is 12.4. The van der Waals surface area contributed by atoms with Gasteiger partial charge in [0.2, 0.25) is 0 Å². The summed E-state index contributed by atoms with van der Waals surface area (Å²) in [5, 5.41) is 0. The molecule has 4 aliphatic rings. The van der Waals surface area contributed by atoms with E-state index in [4.69, 9.17) is 0 Å². The SMILES string of the molecule is c1cc(C2CCC(C3CCCCC3)CC2)sc1C1CCC(C2CCCCC2)CC1. The lowest BCUT2D eigenvalue weighted by atomic mass is 9.70. The second kappa shape index (κ2) is 9.88. The Labute approximate surface area is 184 Å². The Morgan fingerprint density at radius 2 is 0.759 bits per heavy atom. The van der Waals surface area contributed by atoms with E-state index in [0.717, 1.165) is 35.5 Å². The highest BCUT2D eigenvalue weighted by Gasteiger charge is 2.32. The van der Waals surface area contributed by atoms with E-state index >= 15 is 0 Å². The molecule has 0 aliphatic heterocycles. The molecule has 0 amide bonds. The third-order valence-corrected chi connectivity index (χ3v) is 11.0. The van der Waals surface area contributed by atoms with Gasteiger partial charge in [-0.2, -0.15) is 0 Å². The maximum Gasteiger partial charge on any atom is 0.00792 e. The molecule has 0 unspecified atom stereocenters. The topological polar surface area (TPSA) is 0 Å². The Balaban J connectivity index is 1.11. The molecule has 1 heteroatoms. The summed E-state index contributed by atoms with van der Waals surface area (Å²) in [6.07, 6.45) is 27.3. The predicted molar refractivity (Wildman–Crippen MR) is 127 cm³/mol. The Morgan fingerprint density at radius 3 is 1.14 bits per heavy atom. The molecule has 4 saturated carbocycles. The van der Waals surface area contributed by atoms with E-state index in [9.17, 15) is 0 Å². The van der Waals surface area contributed by atoms with Crippen molar-refractivity contribution in [3.8, 4) is 0 Å². The van der Waals surface area contributed by atoms with Crippen molar-refractivity contribution < 1.29 is 0 Å². The van der Waals surface area contributed by atoms with Crippen molar-refractivity contribution in [2.75, 3.05) is 0 Å². The van der Waals surface area contributed by atoms with Crippen molar-refractivity contribution in [1.82, 2.24) is 0 Å². The maximum atomic E-state index is 2.54. The van der Waals surface area contributed by atoms with Crippen LogP contribution in [0, 0.1) is 23.7 Å². The van der Waals surface area contributed by atoms with E-state index in [-0.39, 0.29) is 0 Å². The van der Waals surface area contributed by atoms with Crippen LogP contribution in [0.3, 0.4) is 0 Å².